The van der Waals surface area contributed by atoms with Crippen LogP contribution in [-0.4, -0.2) is 34.6 Å². The molecule has 0 radical (unpaired) electrons. The van der Waals surface area contributed by atoms with Gasteiger partial charge in [0.1, 0.15) is 5.82 Å². The zero-order valence-corrected chi connectivity index (χ0v) is 15.7. The molecule has 1 aliphatic carbocycles. The Morgan fingerprint density at radius 3 is 2.19 bits per heavy atom. The topological polar surface area (TPSA) is 21.1 Å². The van der Waals surface area contributed by atoms with Crippen molar-refractivity contribution >= 4 is 0 Å². The lowest BCUT2D eigenvalue weighted by Crippen LogP contribution is -2.28. The summed E-state index contributed by atoms with van der Waals surface area (Å²) < 4.78 is 2.23. The molecule has 1 heterocycles. The van der Waals surface area contributed by atoms with E-state index in [9.17, 15) is 0 Å². The van der Waals surface area contributed by atoms with E-state index < -0.39 is 0 Å². The normalized spacial score (nSPS) is 18.2. The van der Waals surface area contributed by atoms with Gasteiger partial charge in [0.15, 0.2) is 0 Å². The van der Waals surface area contributed by atoms with E-state index in [4.69, 9.17) is 0 Å². The van der Waals surface area contributed by atoms with Crippen LogP contribution in [0.3, 0.4) is 0 Å². The molecule has 26 heavy (non-hydrogen) atoms. The highest BCUT2D eigenvalue weighted by molar-refractivity contribution is 5.47. The monoisotopic (exact) mass is 345 g/mol. The number of benzene rings is 2. The van der Waals surface area contributed by atoms with Crippen LogP contribution in [-0.2, 0) is 12.0 Å². The molecule has 0 N–H and O–H groups in total. The van der Waals surface area contributed by atoms with Crippen LogP contribution in [0, 0.1) is 12.8 Å². The van der Waals surface area contributed by atoms with E-state index in [0.29, 0.717) is 5.92 Å². The third kappa shape index (κ3) is 3.19. The van der Waals surface area contributed by atoms with E-state index in [1.54, 1.807) is 0 Å². The average molecular weight is 345 g/mol. The standard InChI is InChI=1S/C23H27N3/c1-19-24-13-14-26(19)16-15-25(2)18-22-17-23(22,20-9-5-3-6-10-20)21-11-7-4-8-12-21/h3-14,22H,15-18H2,1-2H3/t22-/m0/s1. The number of hydrogen-bond donors (Lipinski definition) is 0. The minimum atomic E-state index is 0.182. The molecule has 3 heteroatoms. The van der Waals surface area contributed by atoms with E-state index in [0.717, 1.165) is 25.5 Å². The number of imidazole rings is 1. The van der Waals surface area contributed by atoms with E-state index in [1.165, 1.54) is 17.5 Å². The molecule has 0 bridgehead atoms. The SMILES string of the molecule is Cc1nccn1CCN(C)C[C@@H]1CC1(c1ccccc1)c1ccccc1. The van der Waals surface area contributed by atoms with Crippen molar-refractivity contribution in [2.24, 2.45) is 5.92 Å². The highest BCUT2D eigenvalue weighted by atomic mass is 15.1. The molecule has 1 saturated carbocycles. The summed E-state index contributed by atoms with van der Waals surface area (Å²) in [6.45, 7) is 5.24. The van der Waals surface area contributed by atoms with Crippen LogP contribution in [0.5, 0.6) is 0 Å². The fourth-order valence-corrected chi connectivity index (χ4v) is 4.28. The second-order valence-electron chi connectivity index (χ2n) is 7.53. The second kappa shape index (κ2) is 7.08. The van der Waals surface area contributed by atoms with Gasteiger partial charge in [0.25, 0.3) is 0 Å². The molecule has 134 valence electrons. The first-order valence-electron chi connectivity index (χ1n) is 9.47. The maximum atomic E-state index is 4.31. The number of likely N-dealkylation sites (N-methyl/N-ethyl adjacent to an activating group) is 1. The molecule has 1 fully saturated rings. The van der Waals surface area contributed by atoms with Crippen molar-refractivity contribution in [2.75, 3.05) is 20.1 Å². The molecule has 0 amide bonds. The van der Waals surface area contributed by atoms with E-state index in [-0.39, 0.29) is 5.41 Å². The number of rotatable bonds is 7. The number of nitrogens with zero attached hydrogens (tertiary/aromatic N) is 3. The molecule has 0 unspecified atom stereocenters. The van der Waals surface area contributed by atoms with Crippen molar-refractivity contribution in [3.8, 4) is 0 Å². The van der Waals surface area contributed by atoms with Crippen molar-refractivity contribution in [1.29, 1.82) is 0 Å². The maximum Gasteiger partial charge on any atom is 0.105 e. The Hall–Kier alpha value is -2.39. The highest BCUT2D eigenvalue weighted by Gasteiger charge is 2.56. The maximum absolute atomic E-state index is 4.31. The number of hydrogen-bond acceptors (Lipinski definition) is 2. The zero-order valence-electron chi connectivity index (χ0n) is 15.7. The van der Waals surface area contributed by atoms with Crippen LogP contribution in [0.15, 0.2) is 73.1 Å². The van der Waals surface area contributed by atoms with Gasteiger partial charge in [0.2, 0.25) is 0 Å². The molecule has 3 aromatic rings. The Labute approximate surface area is 156 Å². The number of aromatic nitrogens is 2. The van der Waals surface area contributed by atoms with Gasteiger partial charge in [-0.1, -0.05) is 60.7 Å². The Balaban J connectivity index is 1.48. The van der Waals surface area contributed by atoms with Crippen LogP contribution in [0.4, 0.5) is 0 Å². The van der Waals surface area contributed by atoms with Gasteiger partial charge in [-0.2, -0.15) is 0 Å². The van der Waals surface area contributed by atoms with Crippen LogP contribution < -0.4 is 0 Å². The molecule has 1 atom stereocenters. The lowest BCUT2D eigenvalue weighted by molar-refractivity contribution is 0.298. The predicted molar refractivity (Wildman–Crippen MR) is 106 cm³/mol. The fraction of sp³-hybridized carbons (Fsp3) is 0.348. The van der Waals surface area contributed by atoms with Crippen LogP contribution in [0.25, 0.3) is 0 Å². The first-order chi connectivity index (χ1) is 12.7. The van der Waals surface area contributed by atoms with Crippen molar-refractivity contribution in [2.45, 2.75) is 25.3 Å². The van der Waals surface area contributed by atoms with Gasteiger partial charge in [-0.25, -0.2) is 4.98 Å². The van der Waals surface area contributed by atoms with Crippen molar-refractivity contribution in [3.05, 3.63) is 90.0 Å². The lowest BCUT2D eigenvalue weighted by Gasteiger charge is -2.23. The third-order valence-electron chi connectivity index (χ3n) is 5.86. The molecule has 0 aliphatic heterocycles. The van der Waals surface area contributed by atoms with Gasteiger partial charge < -0.3 is 9.47 Å². The first-order valence-corrected chi connectivity index (χ1v) is 9.47. The van der Waals surface area contributed by atoms with Gasteiger partial charge in [-0.05, 0) is 37.4 Å². The summed E-state index contributed by atoms with van der Waals surface area (Å²) in [6, 6.07) is 22.1. The highest BCUT2D eigenvalue weighted by Crippen LogP contribution is 2.58. The average Bonchev–Trinajstić information content (AvgIpc) is 3.25. The lowest BCUT2D eigenvalue weighted by atomic mass is 9.85. The van der Waals surface area contributed by atoms with E-state index in [2.05, 4.69) is 95.3 Å². The third-order valence-corrected chi connectivity index (χ3v) is 5.86. The zero-order chi connectivity index (χ0) is 18.0. The van der Waals surface area contributed by atoms with Gasteiger partial charge >= 0.3 is 0 Å². The smallest absolute Gasteiger partial charge is 0.105 e. The second-order valence-corrected chi connectivity index (χ2v) is 7.53. The van der Waals surface area contributed by atoms with E-state index in [1.807, 2.05) is 6.20 Å². The largest absolute Gasteiger partial charge is 0.334 e. The molecule has 1 aliphatic rings. The molecule has 2 aromatic carbocycles. The Morgan fingerprint density at radius 1 is 1.04 bits per heavy atom. The Bertz CT molecular complexity index is 799. The van der Waals surface area contributed by atoms with Crippen LogP contribution in [0.2, 0.25) is 0 Å². The molecule has 1 aromatic heterocycles. The molecule has 4 rings (SSSR count). The Morgan fingerprint density at radius 2 is 1.65 bits per heavy atom. The summed E-state index contributed by atoms with van der Waals surface area (Å²) in [5, 5.41) is 0. The molecule has 0 spiro atoms. The van der Waals surface area contributed by atoms with Gasteiger partial charge in [-0.15, -0.1) is 0 Å². The molecule has 3 nitrogen and oxygen atoms in total. The van der Waals surface area contributed by atoms with Crippen LogP contribution in [0.1, 0.15) is 23.4 Å². The van der Waals surface area contributed by atoms with Crippen LogP contribution >= 0.6 is 0 Å². The summed E-state index contributed by atoms with van der Waals surface area (Å²) in [6.07, 6.45) is 5.18. The summed E-state index contributed by atoms with van der Waals surface area (Å²) >= 11 is 0. The minimum Gasteiger partial charge on any atom is -0.334 e. The van der Waals surface area contributed by atoms with Gasteiger partial charge in [0.05, 0.1) is 0 Å². The van der Waals surface area contributed by atoms with Crippen molar-refractivity contribution in [3.63, 3.8) is 0 Å². The number of aryl methyl sites for hydroxylation is 1. The fourth-order valence-electron chi connectivity index (χ4n) is 4.28. The first kappa shape index (κ1) is 17.0. The summed E-state index contributed by atoms with van der Waals surface area (Å²) in [4.78, 5) is 6.78. The summed E-state index contributed by atoms with van der Waals surface area (Å²) in [5.74, 6) is 1.76. The molecular formula is C23H27N3. The Kier molecular flexibility index (Phi) is 4.64. The van der Waals surface area contributed by atoms with E-state index >= 15 is 0 Å². The summed E-state index contributed by atoms with van der Waals surface area (Å²) in [7, 11) is 2.24. The minimum absolute atomic E-state index is 0.182. The van der Waals surface area contributed by atoms with Crippen molar-refractivity contribution < 1.29 is 0 Å². The van der Waals surface area contributed by atoms with Gasteiger partial charge in [-0.3, -0.25) is 0 Å². The molecular weight excluding hydrogens is 318 g/mol. The van der Waals surface area contributed by atoms with Gasteiger partial charge in [0, 0.05) is 37.4 Å². The quantitative estimate of drug-likeness (QED) is 0.642. The van der Waals surface area contributed by atoms with Crippen molar-refractivity contribution in [1.82, 2.24) is 14.5 Å². The molecule has 0 saturated heterocycles. The summed E-state index contributed by atoms with van der Waals surface area (Å²) in [5.41, 5.74) is 3.09. The predicted octanol–water partition coefficient (Wildman–Crippen LogP) is 4.13.